The molecule has 1 aromatic rings. The molecule has 0 unspecified atom stereocenters. The van der Waals surface area contributed by atoms with Crippen LogP contribution in [-0.2, 0) is 0 Å². The largest absolute Gasteiger partial charge is 0.352 e. The molecule has 7 heteroatoms. The number of halogens is 2. The van der Waals surface area contributed by atoms with Crippen molar-refractivity contribution < 1.29 is 0 Å². The molecule has 1 aromatic heterocycles. The molecule has 18 heavy (non-hydrogen) atoms. The topological polar surface area (TPSA) is 45.2 Å². The Hall–Kier alpha value is -0.650. The summed E-state index contributed by atoms with van der Waals surface area (Å²) in [6.45, 7) is 6.87. The minimum atomic E-state index is 0.119. The Morgan fingerprint density at radius 2 is 1.78 bits per heavy atom. The lowest BCUT2D eigenvalue weighted by Gasteiger charge is -2.27. The van der Waals surface area contributed by atoms with Gasteiger partial charge in [-0.15, -0.1) is 10.2 Å². The van der Waals surface area contributed by atoms with Crippen LogP contribution in [0.2, 0.25) is 10.4 Å². The zero-order valence-electron chi connectivity index (χ0n) is 11.2. The Kier molecular flexibility index (Phi) is 6.05. The first kappa shape index (κ1) is 15.4. The zero-order chi connectivity index (χ0) is 13.7. The molecule has 0 aliphatic rings. The summed E-state index contributed by atoms with van der Waals surface area (Å²) in [6, 6.07) is 0. The summed E-state index contributed by atoms with van der Waals surface area (Å²) in [7, 11) is 4.06. The van der Waals surface area contributed by atoms with Crippen molar-refractivity contribution in [2.75, 3.05) is 38.6 Å². The van der Waals surface area contributed by atoms with Gasteiger partial charge in [0.2, 0.25) is 5.28 Å². The van der Waals surface area contributed by atoms with Crippen molar-refractivity contribution >= 4 is 29.0 Å². The van der Waals surface area contributed by atoms with E-state index in [-0.39, 0.29) is 5.28 Å². The van der Waals surface area contributed by atoms with E-state index in [0.717, 1.165) is 19.6 Å². The Morgan fingerprint density at radius 3 is 2.33 bits per heavy atom. The van der Waals surface area contributed by atoms with Gasteiger partial charge in [0.25, 0.3) is 0 Å². The Balaban J connectivity index is 2.89. The number of hydrogen-bond donors (Lipinski definition) is 0. The van der Waals surface area contributed by atoms with E-state index in [0.29, 0.717) is 16.9 Å². The van der Waals surface area contributed by atoms with Crippen LogP contribution in [0.15, 0.2) is 0 Å². The van der Waals surface area contributed by atoms with Crippen LogP contribution in [0, 0.1) is 5.92 Å². The highest BCUT2D eigenvalue weighted by Crippen LogP contribution is 2.22. The predicted octanol–water partition coefficient (Wildman–Crippen LogP) is 2.20. The van der Waals surface area contributed by atoms with E-state index in [4.69, 9.17) is 23.2 Å². The third-order valence-electron chi connectivity index (χ3n) is 2.31. The van der Waals surface area contributed by atoms with Gasteiger partial charge in [-0.2, -0.15) is 4.98 Å². The minimum absolute atomic E-state index is 0.119. The zero-order valence-corrected chi connectivity index (χ0v) is 12.7. The number of anilines is 1. The highest BCUT2D eigenvalue weighted by atomic mass is 35.5. The maximum Gasteiger partial charge on any atom is 0.245 e. The van der Waals surface area contributed by atoms with Gasteiger partial charge >= 0.3 is 0 Å². The molecule has 0 N–H and O–H groups in total. The van der Waals surface area contributed by atoms with E-state index in [2.05, 4.69) is 38.8 Å². The predicted molar refractivity (Wildman–Crippen MR) is 75.5 cm³/mol. The fourth-order valence-electron chi connectivity index (χ4n) is 1.53. The summed E-state index contributed by atoms with van der Waals surface area (Å²) in [5.41, 5.74) is 0. The van der Waals surface area contributed by atoms with Gasteiger partial charge in [0.15, 0.2) is 11.0 Å². The van der Waals surface area contributed by atoms with Crippen molar-refractivity contribution in [3.63, 3.8) is 0 Å². The number of likely N-dealkylation sites (N-methyl/N-ethyl adjacent to an activating group) is 1. The molecule has 102 valence electrons. The molecule has 5 nitrogen and oxygen atoms in total. The second-order valence-electron chi connectivity index (χ2n) is 4.84. The van der Waals surface area contributed by atoms with Crippen molar-refractivity contribution in [2.24, 2.45) is 5.92 Å². The van der Waals surface area contributed by atoms with Crippen LogP contribution in [-0.4, -0.2) is 53.8 Å². The summed E-state index contributed by atoms with van der Waals surface area (Å²) >= 11 is 11.8. The molecule has 0 saturated heterocycles. The molecule has 0 radical (unpaired) electrons. The summed E-state index contributed by atoms with van der Waals surface area (Å²) in [4.78, 5) is 8.37. The monoisotopic (exact) mass is 291 g/mol. The van der Waals surface area contributed by atoms with Crippen LogP contribution >= 0.6 is 23.2 Å². The molecular weight excluding hydrogens is 273 g/mol. The molecule has 0 atom stereocenters. The maximum absolute atomic E-state index is 6.04. The minimum Gasteiger partial charge on any atom is -0.352 e. The number of rotatable bonds is 6. The first-order valence-corrected chi connectivity index (χ1v) is 6.61. The van der Waals surface area contributed by atoms with E-state index >= 15 is 0 Å². The molecule has 0 saturated carbocycles. The third kappa shape index (κ3) is 4.92. The Labute approximate surface area is 118 Å². The first-order valence-electron chi connectivity index (χ1n) is 5.85. The molecule has 0 aromatic carbocycles. The van der Waals surface area contributed by atoms with Crippen LogP contribution in [0.25, 0.3) is 0 Å². The summed E-state index contributed by atoms with van der Waals surface area (Å²) in [5, 5.41) is 7.84. The van der Waals surface area contributed by atoms with Crippen molar-refractivity contribution in [3.8, 4) is 0 Å². The Bertz CT molecular complexity index is 384. The van der Waals surface area contributed by atoms with E-state index in [1.54, 1.807) is 0 Å². The molecule has 0 bridgehead atoms. The van der Waals surface area contributed by atoms with Crippen molar-refractivity contribution in [3.05, 3.63) is 10.4 Å². The molecule has 0 aliphatic carbocycles. The highest BCUT2D eigenvalue weighted by Gasteiger charge is 2.16. The van der Waals surface area contributed by atoms with Gasteiger partial charge in [-0.25, -0.2) is 0 Å². The van der Waals surface area contributed by atoms with Gasteiger partial charge < -0.3 is 9.80 Å². The van der Waals surface area contributed by atoms with E-state index < -0.39 is 0 Å². The standard InChI is InChI=1S/C11H19Cl2N5/c1-8(2)7-18(6-5-17(3)4)10-9(12)15-16-11(13)14-10/h8H,5-7H2,1-4H3. The van der Waals surface area contributed by atoms with Crippen molar-refractivity contribution in [1.82, 2.24) is 20.1 Å². The summed E-state index contributed by atoms with van der Waals surface area (Å²) in [5.74, 6) is 1.10. The third-order valence-corrected chi connectivity index (χ3v) is 2.71. The van der Waals surface area contributed by atoms with Gasteiger partial charge in [-0.3, -0.25) is 0 Å². The fourth-order valence-corrected chi connectivity index (χ4v) is 1.85. The molecular formula is C11H19Cl2N5. The Morgan fingerprint density at radius 1 is 1.11 bits per heavy atom. The second kappa shape index (κ2) is 7.07. The number of aromatic nitrogens is 3. The fraction of sp³-hybridized carbons (Fsp3) is 0.727. The van der Waals surface area contributed by atoms with Crippen LogP contribution in [0.1, 0.15) is 13.8 Å². The van der Waals surface area contributed by atoms with Crippen LogP contribution in [0.5, 0.6) is 0 Å². The molecule has 1 rings (SSSR count). The SMILES string of the molecule is CC(C)CN(CCN(C)C)c1nc(Cl)nnc1Cl. The lowest BCUT2D eigenvalue weighted by molar-refractivity contribution is 0.408. The van der Waals surface area contributed by atoms with Gasteiger partial charge in [0, 0.05) is 19.6 Å². The molecule has 0 fully saturated rings. The number of hydrogen-bond acceptors (Lipinski definition) is 5. The molecule has 0 aliphatic heterocycles. The molecule has 0 spiro atoms. The van der Waals surface area contributed by atoms with Gasteiger partial charge in [0.05, 0.1) is 0 Å². The highest BCUT2D eigenvalue weighted by molar-refractivity contribution is 6.32. The maximum atomic E-state index is 6.04. The molecule has 0 amide bonds. The van der Waals surface area contributed by atoms with Gasteiger partial charge in [-0.1, -0.05) is 25.4 Å². The van der Waals surface area contributed by atoms with Crippen LogP contribution in [0.3, 0.4) is 0 Å². The smallest absolute Gasteiger partial charge is 0.245 e. The normalized spacial score (nSPS) is 11.3. The van der Waals surface area contributed by atoms with Crippen LogP contribution in [0.4, 0.5) is 5.82 Å². The lowest BCUT2D eigenvalue weighted by Crippen LogP contribution is -2.35. The number of nitrogens with zero attached hydrogens (tertiary/aromatic N) is 5. The average molecular weight is 292 g/mol. The quantitative estimate of drug-likeness (QED) is 0.804. The summed E-state index contributed by atoms with van der Waals surface area (Å²) in [6.07, 6.45) is 0. The average Bonchev–Trinajstić information content (AvgIpc) is 2.27. The van der Waals surface area contributed by atoms with E-state index in [1.807, 2.05) is 14.1 Å². The second-order valence-corrected chi connectivity index (χ2v) is 5.53. The van der Waals surface area contributed by atoms with Crippen LogP contribution < -0.4 is 4.90 Å². The first-order chi connectivity index (χ1) is 8.40. The van der Waals surface area contributed by atoms with Crippen molar-refractivity contribution in [1.29, 1.82) is 0 Å². The van der Waals surface area contributed by atoms with Gasteiger partial charge in [-0.05, 0) is 31.6 Å². The summed E-state index contributed by atoms with van der Waals surface area (Å²) < 4.78 is 0. The van der Waals surface area contributed by atoms with E-state index in [1.165, 1.54) is 0 Å². The van der Waals surface area contributed by atoms with Crippen molar-refractivity contribution in [2.45, 2.75) is 13.8 Å². The molecule has 1 heterocycles. The van der Waals surface area contributed by atoms with Gasteiger partial charge in [0.1, 0.15) is 0 Å². The van der Waals surface area contributed by atoms with E-state index in [9.17, 15) is 0 Å². The lowest BCUT2D eigenvalue weighted by atomic mass is 10.2.